The second kappa shape index (κ2) is 8.18. The first-order valence-electron chi connectivity index (χ1n) is 7.51. The molecule has 4 nitrogen and oxygen atoms in total. The molecule has 19 heavy (non-hydrogen) atoms. The Morgan fingerprint density at radius 2 is 2.00 bits per heavy atom. The van der Waals surface area contributed by atoms with Gasteiger partial charge in [-0.2, -0.15) is 0 Å². The molecular weight excluding hydrogens is 242 g/mol. The molecule has 1 N–H and O–H groups in total. The highest BCUT2D eigenvalue weighted by molar-refractivity contribution is 5.83. The van der Waals surface area contributed by atoms with Gasteiger partial charge in [0.05, 0.1) is 6.61 Å². The van der Waals surface area contributed by atoms with Crippen LogP contribution in [0, 0.1) is 17.8 Å². The fourth-order valence-corrected chi connectivity index (χ4v) is 2.98. The van der Waals surface area contributed by atoms with Crippen LogP contribution in [0.15, 0.2) is 0 Å². The average molecular weight is 269 g/mol. The highest BCUT2D eigenvalue weighted by Gasteiger charge is 2.33. The Morgan fingerprint density at radius 3 is 2.63 bits per heavy atom. The molecule has 1 rings (SSSR count). The number of ether oxygens (including phenoxy) is 1. The Balaban J connectivity index is 2.48. The minimum Gasteiger partial charge on any atom is -0.465 e. The van der Waals surface area contributed by atoms with E-state index in [9.17, 15) is 9.59 Å². The number of hydrogen-bond acceptors (Lipinski definition) is 3. The third kappa shape index (κ3) is 5.21. The summed E-state index contributed by atoms with van der Waals surface area (Å²) in [5.41, 5.74) is 0. The van der Waals surface area contributed by atoms with Crippen LogP contribution in [-0.2, 0) is 14.3 Å². The van der Waals surface area contributed by atoms with Gasteiger partial charge in [0.2, 0.25) is 5.91 Å². The van der Waals surface area contributed by atoms with Crippen molar-refractivity contribution < 1.29 is 14.3 Å². The fraction of sp³-hybridized carbons (Fsp3) is 0.867. The SMILES string of the molecule is CCCC1CCC(C)CC1C(=O)NCC(=O)OCC. The Hall–Kier alpha value is -1.06. The summed E-state index contributed by atoms with van der Waals surface area (Å²) in [6, 6.07) is 0. The lowest BCUT2D eigenvalue weighted by molar-refractivity contribution is -0.144. The van der Waals surface area contributed by atoms with Crippen molar-refractivity contribution in [2.45, 2.75) is 52.9 Å². The van der Waals surface area contributed by atoms with Crippen LogP contribution in [0.3, 0.4) is 0 Å². The van der Waals surface area contributed by atoms with Crippen molar-refractivity contribution in [3.05, 3.63) is 0 Å². The van der Waals surface area contributed by atoms with E-state index in [1.54, 1.807) is 6.92 Å². The van der Waals surface area contributed by atoms with E-state index < -0.39 is 0 Å². The topological polar surface area (TPSA) is 55.4 Å². The van der Waals surface area contributed by atoms with Crippen molar-refractivity contribution in [3.8, 4) is 0 Å². The van der Waals surface area contributed by atoms with E-state index in [1.807, 2.05) is 0 Å². The standard InChI is InChI=1S/C15H27NO3/c1-4-6-12-8-7-11(3)9-13(12)15(18)16-10-14(17)19-5-2/h11-13H,4-10H2,1-3H3,(H,16,18). The van der Waals surface area contributed by atoms with Gasteiger partial charge in [-0.25, -0.2) is 0 Å². The Labute approximate surface area is 116 Å². The molecular formula is C15H27NO3. The monoisotopic (exact) mass is 269 g/mol. The highest BCUT2D eigenvalue weighted by atomic mass is 16.5. The molecule has 3 unspecified atom stereocenters. The summed E-state index contributed by atoms with van der Waals surface area (Å²) < 4.78 is 4.82. The van der Waals surface area contributed by atoms with Crippen molar-refractivity contribution in [1.29, 1.82) is 0 Å². The Morgan fingerprint density at radius 1 is 1.26 bits per heavy atom. The largest absolute Gasteiger partial charge is 0.465 e. The summed E-state index contributed by atoms with van der Waals surface area (Å²) in [6.45, 7) is 6.48. The molecule has 4 heteroatoms. The number of amides is 1. The van der Waals surface area contributed by atoms with Gasteiger partial charge >= 0.3 is 5.97 Å². The van der Waals surface area contributed by atoms with E-state index in [0.717, 1.165) is 25.7 Å². The normalized spacial score (nSPS) is 26.8. The second-order valence-electron chi connectivity index (χ2n) is 5.60. The van der Waals surface area contributed by atoms with Crippen molar-refractivity contribution in [2.75, 3.05) is 13.2 Å². The lowest BCUT2D eigenvalue weighted by atomic mass is 9.72. The first-order valence-corrected chi connectivity index (χ1v) is 7.51. The molecule has 1 saturated carbocycles. The summed E-state index contributed by atoms with van der Waals surface area (Å²) in [7, 11) is 0. The molecule has 0 aromatic rings. The lowest BCUT2D eigenvalue weighted by Gasteiger charge is -2.33. The molecule has 0 radical (unpaired) electrons. The van der Waals surface area contributed by atoms with E-state index in [-0.39, 0.29) is 24.3 Å². The second-order valence-corrected chi connectivity index (χ2v) is 5.60. The van der Waals surface area contributed by atoms with Crippen LogP contribution in [0.1, 0.15) is 52.9 Å². The molecule has 1 fully saturated rings. The lowest BCUT2D eigenvalue weighted by Crippen LogP contribution is -2.40. The molecule has 1 aliphatic carbocycles. The number of rotatable bonds is 6. The number of nitrogens with one attached hydrogen (secondary N) is 1. The van der Waals surface area contributed by atoms with Gasteiger partial charge in [-0.1, -0.05) is 26.7 Å². The third-order valence-corrected chi connectivity index (χ3v) is 3.96. The molecule has 0 aliphatic heterocycles. The predicted molar refractivity (Wildman–Crippen MR) is 74.5 cm³/mol. The van der Waals surface area contributed by atoms with Crippen LogP contribution in [-0.4, -0.2) is 25.0 Å². The van der Waals surface area contributed by atoms with Gasteiger partial charge in [0, 0.05) is 5.92 Å². The van der Waals surface area contributed by atoms with Crippen molar-refractivity contribution in [3.63, 3.8) is 0 Å². The van der Waals surface area contributed by atoms with Crippen LogP contribution in [0.2, 0.25) is 0 Å². The maximum absolute atomic E-state index is 12.2. The van der Waals surface area contributed by atoms with Crippen LogP contribution < -0.4 is 5.32 Å². The van der Waals surface area contributed by atoms with Crippen molar-refractivity contribution in [1.82, 2.24) is 5.32 Å². The van der Waals surface area contributed by atoms with E-state index in [4.69, 9.17) is 4.74 Å². The van der Waals surface area contributed by atoms with E-state index in [2.05, 4.69) is 19.2 Å². The molecule has 1 amide bonds. The van der Waals surface area contributed by atoms with Crippen molar-refractivity contribution >= 4 is 11.9 Å². The van der Waals surface area contributed by atoms with Gasteiger partial charge < -0.3 is 10.1 Å². The van der Waals surface area contributed by atoms with Crippen molar-refractivity contribution in [2.24, 2.45) is 17.8 Å². The maximum atomic E-state index is 12.2. The maximum Gasteiger partial charge on any atom is 0.325 e. The molecule has 3 atom stereocenters. The molecule has 110 valence electrons. The molecule has 0 bridgehead atoms. The summed E-state index contributed by atoms with van der Waals surface area (Å²) in [4.78, 5) is 23.5. The van der Waals surface area contributed by atoms with Gasteiger partial charge in [0.15, 0.2) is 0 Å². The average Bonchev–Trinajstić information content (AvgIpc) is 2.38. The first kappa shape index (κ1) is 16.0. The molecule has 0 aromatic heterocycles. The summed E-state index contributed by atoms with van der Waals surface area (Å²) in [5.74, 6) is 0.817. The molecule has 0 saturated heterocycles. The zero-order valence-corrected chi connectivity index (χ0v) is 12.4. The number of carbonyl (C=O) groups is 2. The summed E-state index contributed by atoms with van der Waals surface area (Å²) in [5, 5.41) is 2.73. The van der Waals surface area contributed by atoms with Gasteiger partial charge in [0.1, 0.15) is 6.54 Å². The summed E-state index contributed by atoms with van der Waals surface area (Å²) >= 11 is 0. The minimum absolute atomic E-state index is 0.00357. The Kier molecular flexibility index (Phi) is 6.89. The summed E-state index contributed by atoms with van der Waals surface area (Å²) in [6.07, 6.45) is 5.50. The smallest absolute Gasteiger partial charge is 0.325 e. The first-order chi connectivity index (χ1) is 9.08. The van der Waals surface area contributed by atoms with Crippen LogP contribution in [0.25, 0.3) is 0 Å². The van der Waals surface area contributed by atoms with Gasteiger partial charge in [-0.3, -0.25) is 9.59 Å². The molecule has 1 aliphatic rings. The van der Waals surface area contributed by atoms with Crippen LogP contribution in [0.5, 0.6) is 0 Å². The zero-order chi connectivity index (χ0) is 14.3. The Bertz CT molecular complexity index is 304. The molecule has 0 aromatic carbocycles. The highest BCUT2D eigenvalue weighted by Crippen LogP contribution is 2.36. The zero-order valence-electron chi connectivity index (χ0n) is 12.4. The minimum atomic E-state index is -0.355. The molecule has 0 heterocycles. The van der Waals surface area contributed by atoms with E-state index in [1.165, 1.54) is 6.42 Å². The van der Waals surface area contributed by atoms with E-state index in [0.29, 0.717) is 18.4 Å². The van der Waals surface area contributed by atoms with E-state index >= 15 is 0 Å². The fourth-order valence-electron chi connectivity index (χ4n) is 2.98. The van der Waals surface area contributed by atoms with Crippen LogP contribution in [0.4, 0.5) is 0 Å². The predicted octanol–water partition coefficient (Wildman–Crippen LogP) is 2.52. The quantitative estimate of drug-likeness (QED) is 0.754. The third-order valence-electron chi connectivity index (χ3n) is 3.96. The van der Waals surface area contributed by atoms with Crippen LogP contribution >= 0.6 is 0 Å². The molecule has 0 spiro atoms. The number of carbonyl (C=O) groups excluding carboxylic acids is 2. The van der Waals surface area contributed by atoms with Gasteiger partial charge in [-0.15, -0.1) is 0 Å². The number of esters is 1. The number of hydrogen-bond donors (Lipinski definition) is 1. The van der Waals surface area contributed by atoms with Gasteiger partial charge in [-0.05, 0) is 38.0 Å². The van der Waals surface area contributed by atoms with Gasteiger partial charge in [0.25, 0.3) is 0 Å².